The maximum atomic E-state index is 13.1. The fraction of sp³-hybridized carbons (Fsp3) is 0.600. The molecule has 1 unspecified atom stereocenters. The predicted octanol–water partition coefficient (Wildman–Crippen LogP) is 2.40. The lowest BCUT2D eigenvalue weighted by Crippen LogP contribution is -2.40. The van der Waals surface area contributed by atoms with E-state index in [1.54, 1.807) is 12.1 Å². The van der Waals surface area contributed by atoms with Crippen LogP contribution in [-0.4, -0.2) is 48.6 Å². The summed E-state index contributed by atoms with van der Waals surface area (Å²) in [7, 11) is 0. The number of nitrogens with one attached hydrogen (secondary N) is 1. The summed E-state index contributed by atoms with van der Waals surface area (Å²) in [4.78, 5) is 2.51. The highest BCUT2D eigenvalue weighted by Crippen LogP contribution is 2.08. The average Bonchev–Trinajstić information content (AvgIpc) is 2.40. The SMILES string of the molecule is CC(Cc1cccc(F)c1)NCCN1CCSCC1. The van der Waals surface area contributed by atoms with Gasteiger partial charge in [0.25, 0.3) is 0 Å². The minimum atomic E-state index is -0.143. The zero-order chi connectivity index (χ0) is 13.5. The van der Waals surface area contributed by atoms with Crippen molar-refractivity contribution in [2.45, 2.75) is 19.4 Å². The summed E-state index contributed by atoms with van der Waals surface area (Å²) in [5.74, 6) is 2.38. The number of hydrogen-bond donors (Lipinski definition) is 1. The summed E-state index contributed by atoms with van der Waals surface area (Å²) in [6.07, 6.45) is 0.883. The molecule has 0 aromatic heterocycles. The fourth-order valence-electron chi connectivity index (χ4n) is 2.38. The molecule has 1 heterocycles. The Bertz CT molecular complexity index is 380. The molecule has 0 aliphatic carbocycles. The van der Waals surface area contributed by atoms with Crippen molar-refractivity contribution in [2.75, 3.05) is 37.7 Å². The number of benzene rings is 1. The highest BCUT2D eigenvalue weighted by molar-refractivity contribution is 7.99. The van der Waals surface area contributed by atoms with E-state index in [0.717, 1.165) is 25.1 Å². The highest BCUT2D eigenvalue weighted by Gasteiger charge is 2.10. The molecule has 4 heteroatoms. The Hall–Kier alpha value is -0.580. The second-order valence-electron chi connectivity index (χ2n) is 5.14. The largest absolute Gasteiger partial charge is 0.313 e. The third-order valence-corrected chi connectivity index (χ3v) is 4.40. The molecular formula is C15H23FN2S. The molecule has 0 amide bonds. The van der Waals surface area contributed by atoms with Gasteiger partial charge in [0.05, 0.1) is 0 Å². The van der Waals surface area contributed by atoms with E-state index in [1.807, 2.05) is 17.8 Å². The lowest BCUT2D eigenvalue weighted by atomic mass is 10.1. The van der Waals surface area contributed by atoms with E-state index in [4.69, 9.17) is 0 Å². The molecule has 1 fully saturated rings. The van der Waals surface area contributed by atoms with Crippen LogP contribution < -0.4 is 5.32 Å². The zero-order valence-electron chi connectivity index (χ0n) is 11.6. The Labute approximate surface area is 119 Å². The van der Waals surface area contributed by atoms with Gasteiger partial charge in [-0.3, -0.25) is 0 Å². The van der Waals surface area contributed by atoms with E-state index in [1.165, 1.54) is 30.7 Å². The second kappa shape index (κ2) is 7.88. The van der Waals surface area contributed by atoms with Crippen LogP contribution in [0.1, 0.15) is 12.5 Å². The summed E-state index contributed by atoms with van der Waals surface area (Å²) >= 11 is 2.04. The Morgan fingerprint density at radius 3 is 2.89 bits per heavy atom. The molecule has 1 aromatic rings. The van der Waals surface area contributed by atoms with Crippen molar-refractivity contribution in [3.8, 4) is 0 Å². The first-order valence-corrected chi connectivity index (χ1v) is 8.17. The fourth-order valence-corrected chi connectivity index (χ4v) is 3.36. The third kappa shape index (κ3) is 5.51. The van der Waals surface area contributed by atoms with Crippen LogP contribution in [0.25, 0.3) is 0 Å². The van der Waals surface area contributed by atoms with Gasteiger partial charge in [-0.1, -0.05) is 12.1 Å². The van der Waals surface area contributed by atoms with Gasteiger partial charge in [0.15, 0.2) is 0 Å². The molecule has 106 valence electrons. The van der Waals surface area contributed by atoms with Gasteiger partial charge < -0.3 is 10.2 Å². The lowest BCUT2D eigenvalue weighted by molar-refractivity contribution is 0.296. The summed E-state index contributed by atoms with van der Waals surface area (Å²) in [5, 5.41) is 3.53. The van der Waals surface area contributed by atoms with Crippen molar-refractivity contribution < 1.29 is 4.39 Å². The van der Waals surface area contributed by atoms with Crippen LogP contribution in [0.3, 0.4) is 0 Å². The van der Waals surface area contributed by atoms with Crippen LogP contribution in [0.4, 0.5) is 4.39 Å². The quantitative estimate of drug-likeness (QED) is 0.862. The lowest BCUT2D eigenvalue weighted by Gasteiger charge is -2.26. The van der Waals surface area contributed by atoms with E-state index in [0.29, 0.717) is 6.04 Å². The van der Waals surface area contributed by atoms with Crippen LogP contribution >= 0.6 is 11.8 Å². The van der Waals surface area contributed by atoms with Gasteiger partial charge in [0, 0.05) is 43.7 Å². The monoisotopic (exact) mass is 282 g/mol. The molecule has 0 bridgehead atoms. The average molecular weight is 282 g/mol. The number of nitrogens with zero attached hydrogens (tertiary/aromatic N) is 1. The van der Waals surface area contributed by atoms with E-state index in [-0.39, 0.29) is 5.82 Å². The molecule has 0 saturated carbocycles. The number of thioether (sulfide) groups is 1. The molecule has 2 nitrogen and oxygen atoms in total. The van der Waals surface area contributed by atoms with E-state index in [9.17, 15) is 4.39 Å². The van der Waals surface area contributed by atoms with Crippen molar-refractivity contribution in [3.05, 3.63) is 35.6 Å². The van der Waals surface area contributed by atoms with Crippen LogP contribution in [0, 0.1) is 5.82 Å². The van der Waals surface area contributed by atoms with E-state index < -0.39 is 0 Å². The molecule has 1 N–H and O–H groups in total. The molecule has 1 aliphatic rings. The minimum Gasteiger partial charge on any atom is -0.313 e. The van der Waals surface area contributed by atoms with Crippen LogP contribution in [0.15, 0.2) is 24.3 Å². The summed E-state index contributed by atoms with van der Waals surface area (Å²) in [6.45, 7) is 6.72. The normalized spacial score (nSPS) is 18.4. The Kier molecular flexibility index (Phi) is 6.14. The molecule has 2 rings (SSSR count). The standard InChI is InChI=1S/C15H23FN2S/c1-13(11-14-3-2-4-15(16)12-14)17-5-6-18-7-9-19-10-8-18/h2-4,12-13,17H,5-11H2,1H3. The summed E-state index contributed by atoms with van der Waals surface area (Å²) in [5.41, 5.74) is 1.06. The number of rotatable bonds is 6. The molecule has 1 saturated heterocycles. The van der Waals surface area contributed by atoms with Crippen molar-refractivity contribution in [2.24, 2.45) is 0 Å². The molecular weight excluding hydrogens is 259 g/mol. The van der Waals surface area contributed by atoms with Gasteiger partial charge in [-0.05, 0) is 31.0 Å². The minimum absolute atomic E-state index is 0.143. The molecule has 1 aromatic carbocycles. The predicted molar refractivity (Wildman–Crippen MR) is 81.3 cm³/mol. The maximum Gasteiger partial charge on any atom is 0.123 e. The van der Waals surface area contributed by atoms with E-state index in [2.05, 4.69) is 17.1 Å². The van der Waals surface area contributed by atoms with Crippen molar-refractivity contribution in [1.29, 1.82) is 0 Å². The number of halogens is 1. The van der Waals surface area contributed by atoms with Crippen LogP contribution in [0.2, 0.25) is 0 Å². The summed E-state index contributed by atoms with van der Waals surface area (Å²) < 4.78 is 13.1. The second-order valence-corrected chi connectivity index (χ2v) is 6.37. The van der Waals surface area contributed by atoms with Gasteiger partial charge in [-0.2, -0.15) is 11.8 Å². The molecule has 0 spiro atoms. The van der Waals surface area contributed by atoms with E-state index >= 15 is 0 Å². The summed E-state index contributed by atoms with van der Waals surface area (Å²) in [6, 6.07) is 7.28. The van der Waals surface area contributed by atoms with Crippen molar-refractivity contribution in [3.63, 3.8) is 0 Å². The highest BCUT2D eigenvalue weighted by atomic mass is 32.2. The molecule has 19 heavy (non-hydrogen) atoms. The smallest absolute Gasteiger partial charge is 0.123 e. The van der Waals surface area contributed by atoms with Gasteiger partial charge >= 0.3 is 0 Å². The van der Waals surface area contributed by atoms with Gasteiger partial charge in [0.2, 0.25) is 0 Å². The first-order chi connectivity index (χ1) is 9.24. The van der Waals surface area contributed by atoms with Gasteiger partial charge in [-0.15, -0.1) is 0 Å². The molecule has 0 radical (unpaired) electrons. The zero-order valence-corrected chi connectivity index (χ0v) is 12.4. The van der Waals surface area contributed by atoms with Crippen LogP contribution in [-0.2, 0) is 6.42 Å². The third-order valence-electron chi connectivity index (χ3n) is 3.46. The Morgan fingerprint density at radius 2 is 2.16 bits per heavy atom. The Morgan fingerprint density at radius 1 is 1.37 bits per heavy atom. The topological polar surface area (TPSA) is 15.3 Å². The maximum absolute atomic E-state index is 13.1. The van der Waals surface area contributed by atoms with Crippen LogP contribution in [0.5, 0.6) is 0 Å². The van der Waals surface area contributed by atoms with Gasteiger partial charge in [0.1, 0.15) is 5.82 Å². The molecule has 1 atom stereocenters. The Balaban J connectivity index is 1.65. The first-order valence-electron chi connectivity index (χ1n) is 7.02. The number of hydrogen-bond acceptors (Lipinski definition) is 3. The first kappa shape index (κ1) is 14.8. The van der Waals surface area contributed by atoms with Crippen molar-refractivity contribution in [1.82, 2.24) is 10.2 Å². The molecule has 1 aliphatic heterocycles. The van der Waals surface area contributed by atoms with Gasteiger partial charge in [-0.25, -0.2) is 4.39 Å². The van der Waals surface area contributed by atoms with Crippen molar-refractivity contribution >= 4 is 11.8 Å².